The van der Waals surface area contributed by atoms with Crippen molar-refractivity contribution >= 4 is 17.3 Å². The number of rotatable bonds is 6. The quantitative estimate of drug-likeness (QED) is 0.757. The van der Waals surface area contributed by atoms with Gasteiger partial charge in [-0.2, -0.15) is 0 Å². The van der Waals surface area contributed by atoms with Gasteiger partial charge < -0.3 is 10.1 Å². The largest absolute Gasteiger partial charge is 0.481 e. The molecule has 0 radical (unpaired) electrons. The number of hydrogen-bond acceptors (Lipinski definition) is 4. The summed E-state index contributed by atoms with van der Waals surface area (Å²) in [7, 11) is 1.70. The fraction of sp³-hybridized carbons (Fsp3) is 0.435. The van der Waals surface area contributed by atoms with Gasteiger partial charge in [0.15, 0.2) is 0 Å². The molecule has 0 amide bonds. The van der Waals surface area contributed by atoms with Gasteiger partial charge in [0.25, 0.3) is 0 Å². The number of pyridine rings is 1. The zero-order valence-corrected chi connectivity index (χ0v) is 17.0. The molecule has 3 nitrogen and oxygen atoms in total. The summed E-state index contributed by atoms with van der Waals surface area (Å²) < 4.78 is 5.48. The summed E-state index contributed by atoms with van der Waals surface area (Å²) in [6.45, 7) is 4.27. The third-order valence-corrected chi connectivity index (χ3v) is 6.75. The monoisotopic (exact) mass is 380 g/mol. The Kier molecular flexibility index (Phi) is 5.84. The van der Waals surface area contributed by atoms with Gasteiger partial charge >= 0.3 is 0 Å². The van der Waals surface area contributed by atoms with Crippen molar-refractivity contribution in [1.82, 2.24) is 10.3 Å². The molecule has 1 aromatic carbocycles. The smallest absolute Gasteiger partial charge is 0.216 e. The molecule has 1 saturated heterocycles. The number of nitrogens with zero attached hydrogens (tertiary/aromatic N) is 1. The second kappa shape index (κ2) is 8.49. The van der Waals surface area contributed by atoms with Gasteiger partial charge in [0.05, 0.1) is 12.8 Å². The van der Waals surface area contributed by atoms with Crippen molar-refractivity contribution in [1.29, 1.82) is 0 Å². The Morgan fingerprint density at radius 1 is 1.11 bits per heavy atom. The number of allylic oxidation sites excluding steroid dienone is 1. The number of aryl methyl sites for hydroxylation is 1. The summed E-state index contributed by atoms with van der Waals surface area (Å²) >= 11 is 1.97. The minimum atomic E-state index is 0.657. The summed E-state index contributed by atoms with van der Waals surface area (Å²) in [5.41, 5.74) is 4.56. The Balaban J connectivity index is 1.65. The lowest BCUT2D eigenvalue weighted by Crippen LogP contribution is -2.44. The maximum Gasteiger partial charge on any atom is 0.216 e. The maximum atomic E-state index is 5.48. The van der Waals surface area contributed by atoms with Crippen LogP contribution in [0.4, 0.5) is 0 Å². The van der Waals surface area contributed by atoms with Crippen molar-refractivity contribution in [2.45, 2.75) is 42.8 Å². The van der Waals surface area contributed by atoms with Crippen molar-refractivity contribution in [3.05, 3.63) is 59.3 Å². The normalized spacial score (nSPS) is 18.5. The first-order chi connectivity index (χ1) is 13.2. The van der Waals surface area contributed by atoms with Crippen LogP contribution >= 0.6 is 11.8 Å². The van der Waals surface area contributed by atoms with E-state index in [4.69, 9.17) is 9.72 Å². The molecular formula is C23H28N2OS. The number of benzene rings is 1. The molecule has 27 heavy (non-hydrogen) atoms. The van der Waals surface area contributed by atoms with Gasteiger partial charge in [0.2, 0.25) is 5.88 Å². The van der Waals surface area contributed by atoms with Crippen LogP contribution in [0.25, 0.3) is 5.57 Å². The summed E-state index contributed by atoms with van der Waals surface area (Å²) in [6, 6.07) is 13.3. The van der Waals surface area contributed by atoms with Gasteiger partial charge in [-0.15, -0.1) is 11.8 Å². The molecule has 0 atom stereocenters. The summed E-state index contributed by atoms with van der Waals surface area (Å²) in [6.07, 6.45) is 7.69. The van der Waals surface area contributed by atoms with Gasteiger partial charge in [-0.05, 0) is 49.4 Å². The van der Waals surface area contributed by atoms with Crippen LogP contribution in [0.2, 0.25) is 0 Å². The molecule has 0 unspecified atom stereocenters. The van der Waals surface area contributed by atoms with Gasteiger partial charge in [-0.25, -0.2) is 4.98 Å². The van der Waals surface area contributed by atoms with E-state index in [9.17, 15) is 0 Å². The highest BCUT2D eigenvalue weighted by molar-refractivity contribution is 8.00. The summed E-state index contributed by atoms with van der Waals surface area (Å²) in [4.78, 5) is 6.15. The van der Waals surface area contributed by atoms with E-state index in [0.29, 0.717) is 11.2 Å². The third kappa shape index (κ3) is 4.39. The van der Waals surface area contributed by atoms with Crippen LogP contribution in [0.3, 0.4) is 0 Å². The van der Waals surface area contributed by atoms with E-state index in [-0.39, 0.29) is 0 Å². The van der Waals surface area contributed by atoms with Crippen molar-refractivity contribution in [3.63, 3.8) is 0 Å². The van der Waals surface area contributed by atoms with Crippen LogP contribution in [-0.4, -0.2) is 30.4 Å². The number of thioether (sulfide) groups is 1. The van der Waals surface area contributed by atoms with Crippen LogP contribution in [0, 0.1) is 12.8 Å². The molecule has 2 heterocycles. The Morgan fingerprint density at radius 2 is 1.85 bits per heavy atom. The van der Waals surface area contributed by atoms with Gasteiger partial charge in [-0.3, -0.25) is 0 Å². The standard InChI is InChI=1S/C23H28N2OS/c1-16-7-12-22(25-23(16)26-2)21(13-17-5-3-4-6-17)18-8-10-19(11-9-18)27-20-14-24-15-20/h7-13,17,20,24H,3-6,14-15H2,1-2H3/b21-13+. The molecule has 2 aromatic rings. The third-order valence-electron chi connectivity index (χ3n) is 5.53. The highest BCUT2D eigenvalue weighted by Gasteiger charge is 2.19. The minimum absolute atomic E-state index is 0.657. The second-order valence-corrected chi connectivity index (χ2v) is 8.94. The van der Waals surface area contributed by atoms with Crippen molar-refractivity contribution < 1.29 is 4.74 Å². The topological polar surface area (TPSA) is 34.1 Å². The second-order valence-electron chi connectivity index (χ2n) is 7.57. The first kappa shape index (κ1) is 18.6. The fourth-order valence-electron chi connectivity index (χ4n) is 3.81. The molecule has 2 aliphatic rings. The number of hydrogen-bond donors (Lipinski definition) is 1. The Morgan fingerprint density at radius 3 is 2.48 bits per heavy atom. The SMILES string of the molecule is COc1nc(/C(=C/C2CCCC2)c2ccc(SC3CNC3)cc2)ccc1C. The minimum Gasteiger partial charge on any atom is -0.481 e. The average Bonchev–Trinajstić information content (AvgIpc) is 3.17. The molecule has 1 aliphatic heterocycles. The molecule has 1 saturated carbocycles. The predicted octanol–water partition coefficient (Wildman–Crippen LogP) is 5.08. The van der Waals surface area contributed by atoms with Gasteiger partial charge in [0, 0.05) is 34.4 Å². The fourth-order valence-corrected chi connectivity index (χ4v) is 4.89. The van der Waals surface area contributed by atoms with E-state index < -0.39 is 0 Å². The number of methoxy groups -OCH3 is 1. The molecule has 4 heteroatoms. The number of ether oxygens (including phenoxy) is 1. The first-order valence-corrected chi connectivity index (χ1v) is 10.8. The highest BCUT2D eigenvalue weighted by atomic mass is 32.2. The lowest BCUT2D eigenvalue weighted by atomic mass is 9.96. The van der Waals surface area contributed by atoms with Crippen LogP contribution < -0.4 is 10.1 Å². The molecule has 2 fully saturated rings. The van der Waals surface area contributed by atoms with Crippen LogP contribution in [0.1, 0.15) is 42.5 Å². The molecule has 0 bridgehead atoms. The maximum absolute atomic E-state index is 5.48. The van der Waals surface area contributed by atoms with Crippen LogP contribution in [0.5, 0.6) is 5.88 Å². The zero-order valence-electron chi connectivity index (χ0n) is 16.2. The van der Waals surface area contributed by atoms with Crippen LogP contribution in [-0.2, 0) is 0 Å². The van der Waals surface area contributed by atoms with E-state index in [1.54, 1.807) is 7.11 Å². The summed E-state index contributed by atoms with van der Waals surface area (Å²) in [5.74, 6) is 1.37. The molecule has 1 aromatic heterocycles. The Labute approximate surface area is 166 Å². The predicted molar refractivity (Wildman–Crippen MR) is 114 cm³/mol. The Bertz CT molecular complexity index is 806. The number of aromatic nitrogens is 1. The van der Waals surface area contributed by atoms with Gasteiger partial charge in [-0.1, -0.05) is 37.1 Å². The van der Waals surface area contributed by atoms with E-state index in [0.717, 1.165) is 30.2 Å². The lowest BCUT2D eigenvalue weighted by molar-refractivity contribution is 0.394. The van der Waals surface area contributed by atoms with Crippen molar-refractivity contribution in [2.75, 3.05) is 20.2 Å². The molecule has 4 rings (SSSR count). The van der Waals surface area contributed by atoms with Crippen LogP contribution in [0.15, 0.2) is 47.4 Å². The summed E-state index contributed by atoms with van der Waals surface area (Å²) in [5, 5.41) is 4.05. The highest BCUT2D eigenvalue weighted by Crippen LogP contribution is 2.34. The van der Waals surface area contributed by atoms with E-state index in [1.165, 1.54) is 41.7 Å². The van der Waals surface area contributed by atoms with E-state index in [2.05, 4.69) is 47.8 Å². The van der Waals surface area contributed by atoms with Gasteiger partial charge in [0.1, 0.15) is 0 Å². The number of nitrogens with one attached hydrogen (secondary N) is 1. The Hall–Kier alpha value is -1.78. The molecule has 1 N–H and O–H groups in total. The zero-order chi connectivity index (χ0) is 18.6. The average molecular weight is 381 g/mol. The molecular weight excluding hydrogens is 352 g/mol. The van der Waals surface area contributed by atoms with E-state index in [1.807, 2.05) is 18.7 Å². The first-order valence-electron chi connectivity index (χ1n) is 9.94. The lowest BCUT2D eigenvalue weighted by Gasteiger charge is -2.26. The van der Waals surface area contributed by atoms with Crippen molar-refractivity contribution in [3.8, 4) is 5.88 Å². The van der Waals surface area contributed by atoms with E-state index >= 15 is 0 Å². The van der Waals surface area contributed by atoms with Crippen molar-refractivity contribution in [2.24, 2.45) is 5.92 Å². The molecule has 1 aliphatic carbocycles. The molecule has 142 valence electrons. The molecule has 0 spiro atoms.